The van der Waals surface area contributed by atoms with Gasteiger partial charge >= 0.3 is 0 Å². The molecule has 2 N–H and O–H groups in total. The van der Waals surface area contributed by atoms with Crippen molar-refractivity contribution in [1.29, 1.82) is 0 Å². The maximum Gasteiger partial charge on any atom is 0.263 e. The highest BCUT2D eigenvalue weighted by molar-refractivity contribution is 5.95. The number of hydrogen-bond donors (Lipinski definition) is 2. The summed E-state index contributed by atoms with van der Waals surface area (Å²) in [4.78, 5) is 40.6. The van der Waals surface area contributed by atoms with Crippen LogP contribution in [0.2, 0.25) is 0 Å². The van der Waals surface area contributed by atoms with Crippen LogP contribution < -0.4 is 10.9 Å². The SMILES string of the molecule is CCCCC(=O)N1CCc2c(cn(CCc3ccccc3)c(=O)c2C(=O)NCC(C)O)C1. The zero-order valence-electron chi connectivity index (χ0n) is 19.0. The summed E-state index contributed by atoms with van der Waals surface area (Å²) in [6.45, 7) is 5.06. The van der Waals surface area contributed by atoms with Crippen molar-refractivity contribution in [2.45, 2.75) is 65.1 Å². The largest absolute Gasteiger partial charge is 0.392 e. The molecule has 1 unspecified atom stereocenters. The van der Waals surface area contributed by atoms with Crippen LogP contribution in [0, 0.1) is 0 Å². The molecular formula is C25H33N3O4. The molecule has 1 aromatic carbocycles. The molecule has 2 amide bonds. The Balaban J connectivity index is 1.92. The van der Waals surface area contributed by atoms with Gasteiger partial charge in [-0.05, 0) is 42.9 Å². The average molecular weight is 440 g/mol. The number of nitrogens with zero attached hydrogens (tertiary/aromatic N) is 2. The molecule has 0 saturated heterocycles. The van der Waals surface area contributed by atoms with Gasteiger partial charge in [0.05, 0.1) is 6.10 Å². The third kappa shape index (κ3) is 5.85. The fourth-order valence-electron chi connectivity index (χ4n) is 4.03. The number of aryl methyl sites for hydroxylation is 2. The smallest absolute Gasteiger partial charge is 0.263 e. The topological polar surface area (TPSA) is 91.6 Å². The maximum absolute atomic E-state index is 13.3. The summed E-state index contributed by atoms with van der Waals surface area (Å²) in [7, 11) is 0. The van der Waals surface area contributed by atoms with E-state index >= 15 is 0 Å². The van der Waals surface area contributed by atoms with Crippen LogP contribution in [-0.4, -0.2) is 45.6 Å². The minimum atomic E-state index is -0.703. The summed E-state index contributed by atoms with van der Waals surface area (Å²) in [5.41, 5.74) is 2.48. The van der Waals surface area contributed by atoms with E-state index in [1.54, 1.807) is 11.5 Å². The summed E-state index contributed by atoms with van der Waals surface area (Å²) in [6.07, 6.45) is 4.57. The summed E-state index contributed by atoms with van der Waals surface area (Å²) >= 11 is 0. The molecular weight excluding hydrogens is 406 g/mol. The summed E-state index contributed by atoms with van der Waals surface area (Å²) < 4.78 is 1.59. The average Bonchev–Trinajstić information content (AvgIpc) is 2.80. The fraction of sp³-hybridized carbons (Fsp3) is 0.480. The number of aliphatic hydroxyl groups is 1. The number of aliphatic hydroxyl groups excluding tert-OH is 1. The standard InChI is InChI=1S/C25H33N3O4/c1-3-4-10-22(30)27-14-12-21-20(16-27)17-28(13-11-19-8-6-5-7-9-19)25(32)23(21)24(31)26-15-18(2)29/h5-9,17-18,29H,3-4,10-16H2,1-2H3,(H,26,31). The van der Waals surface area contributed by atoms with Crippen molar-refractivity contribution in [3.8, 4) is 0 Å². The van der Waals surface area contributed by atoms with E-state index in [-0.39, 0.29) is 23.6 Å². The Bertz CT molecular complexity index is 998. The van der Waals surface area contributed by atoms with Gasteiger partial charge in [-0.25, -0.2) is 0 Å². The first-order valence-electron chi connectivity index (χ1n) is 11.4. The van der Waals surface area contributed by atoms with Gasteiger partial charge in [0, 0.05) is 38.8 Å². The van der Waals surface area contributed by atoms with E-state index in [0.717, 1.165) is 24.0 Å². The van der Waals surface area contributed by atoms with Crippen LogP contribution in [0.1, 0.15) is 60.2 Å². The van der Waals surface area contributed by atoms with Gasteiger partial charge in [0.1, 0.15) is 5.56 Å². The predicted octanol–water partition coefficient (Wildman–Crippen LogP) is 2.28. The van der Waals surface area contributed by atoms with E-state index in [0.29, 0.717) is 44.5 Å². The van der Waals surface area contributed by atoms with Crippen molar-refractivity contribution in [2.24, 2.45) is 0 Å². The number of unbranched alkanes of at least 4 members (excludes halogenated alkanes) is 1. The second-order valence-corrected chi connectivity index (χ2v) is 8.47. The van der Waals surface area contributed by atoms with Crippen molar-refractivity contribution >= 4 is 11.8 Å². The van der Waals surface area contributed by atoms with Crippen molar-refractivity contribution in [1.82, 2.24) is 14.8 Å². The van der Waals surface area contributed by atoms with Crippen LogP contribution in [0.4, 0.5) is 0 Å². The molecule has 7 heteroatoms. The Hall–Kier alpha value is -2.93. The molecule has 0 aliphatic carbocycles. The molecule has 7 nitrogen and oxygen atoms in total. The van der Waals surface area contributed by atoms with Gasteiger partial charge in [-0.15, -0.1) is 0 Å². The summed E-state index contributed by atoms with van der Waals surface area (Å²) in [5, 5.41) is 12.2. The van der Waals surface area contributed by atoms with Gasteiger partial charge in [0.25, 0.3) is 11.5 Å². The van der Waals surface area contributed by atoms with E-state index in [2.05, 4.69) is 12.2 Å². The van der Waals surface area contributed by atoms with Crippen molar-refractivity contribution in [2.75, 3.05) is 13.1 Å². The van der Waals surface area contributed by atoms with Crippen LogP contribution in [0.5, 0.6) is 0 Å². The molecule has 1 atom stereocenters. The van der Waals surface area contributed by atoms with Gasteiger partial charge in [-0.2, -0.15) is 0 Å². The first kappa shape index (κ1) is 23.7. The van der Waals surface area contributed by atoms with Crippen molar-refractivity contribution in [3.63, 3.8) is 0 Å². The van der Waals surface area contributed by atoms with E-state index in [1.165, 1.54) is 0 Å². The molecule has 0 bridgehead atoms. The maximum atomic E-state index is 13.3. The Morgan fingerprint density at radius 3 is 2.66 bits per heavy atom. The second kappa shape index (κ2) is 11.1. The lowest BCUT2D eigenvalue weighted by Gasteiger charge is -2.30. The lowest BCUT2D eigenvalue weighted by Crippen LogP contribution is -2.42. The molecule has 2 heterocycles. The number of nitrogens with one attached hydrogen (secondary N) is 1. The van der Waals surface area contributed by atoms with Crippen LogP contribution in [0.15, 0.2) is 41.3 Å². The van der Waals surface area contributed by atoms with Crippen molar-refractivity contribution in [3.05, 3.63) is 69.1 Å². The number of pyridine rings is 1. The Morgan fingerprint density at radius 1 is 1.22 bits per heavy atom. The highest BCUT2D eigenvalue weighted by Crippen LogP contribution is 2.22. The first-order chi connectivity index (χ1) is 15.4. The van der Waals surface area contributed by atoms with E-state index in [9.17, 15) is 19.5 Å². The zero-order chi connectivity index (χ0) is 23.1. The minimum Gasteiger partial charge on any atom is -0.392 e. The quantitative estimate of drug-likeness (QED) is 0.627. The van der Waals surface area contributed by atoms with Crippen molar-refractivity contribution < 1.29 is 14.7 Å². The number of hydrogen-bond acceptors (Lipinski definition) is 4. The van der Waals surface area contributed by atoms with E-state index in [4.69, 9.17) is 0 Å². The predicted molar refractivity (Wildman–Crippen MR) is 124 cm³/mol. The van der Waals surface area contributed by atoms with Gasteiger partial charge in [-0.3, -0.25) is 14.4 Å². The number of rotatable bonds is 9. The number of benzene rings is 1. The molecule has 172 valence electrons. The molecule has 0 radical (unpaired) electrons. The fourth-order valence-corrected chi connectivity index (χ4v) is 4.03. The minimum absolute atomic E-state index is 0.0770. The van der Waals surface area contributed by atoms with Gasteiger partial charge < -0.3 is 19.9 Å². The Morgan fingerprint density at radius 2 is 1.97 bits per heavy atom. The molecule has 3 rings (SSSR count). The third-order valence-electron chi connectivity index (χ3n) is 5.83. The summed E-state index contributed by atoms with van der Waals surface area (Å²) in [6, 6.07) is 9.88. The van der Waals surface area contributed by atoms with Gasteiger partial charge in [0.15, 0.2) is 0 Å². The molecule has 0 fully saturated rings. The van der Waals surface area contributed by atoms with Crippen LogP contribution in [-0.2, 0) is 30.7 Å². The molecule has 0 saturated carbocycles. The lowest BCUT2D eigenvalue weighted by atomic mass is 9.95. The Kier molecular flexibility index (Phi) is 8.22. The zero-order valence-corrected chi connectivity index (χ0v) is 19.0. The van der Waals surface area contributed by atoms with Crippen LogP contribution in [0.3, 0.4) is 0 Å². The lowest BCUT2D eigenvalue weighted by molar-refractivity contribution is -0.132. The number of aromatic nitrogens is 1. The van der Waals surface area contributed by atoms with E-state index in [1.807, 2.05) is 41.4 Å². The molecule has 2 aromatic rings. The highest BCUT2D eigenvalue weighted by atomic mass is 16.3. The van der Waals surface area contributed by atoms with E-state index < -0.39 is 12.0 Å². The molecule has 32 heavy (non-hydrogen) atoms. The summed E-state index contributed by atoms with van der Waals surface area (Å²) in [5.74, 6) is -0.355. The van der Waals surface area contributed by atoms with Crippen LogP contribution >= 0.6 is 0 Å². The molecule has 1 aromatic heterocycles. The van der Waals surface area contributed by atoms with Gasteiger partial charge in [-0.1, -0.05) is 43.7 Å². The molecule has 1 aliphatic rings. The third-order valence-corrected chi connectivity index (χ3v) is 5.83. The molecule has 1 aliphatic heterocycles. The highest BCUT2D eigenvalue weighted by Gasteiger charge is 2.27. The normalized spacial score (nSPS) is 14.0. The Labute approximate surface area is 189 Å². The number of carbonyl (C=O) groups excluding carboxylic acids is 2. The molecule has 0 spiro atoms. The monoisotopic (exact) mass is 439 g/mol. The number of carbonyl (C=O) groups is 2. The van der Waals surface area contributed by atoms with Crippen LogP contribution in [0.25, 0.3) is 0 Å². The second-order valence-electron chi connectivity index (χ2n) is 8.47. The van der Waals surface area contributed by atoms with Gasteiger partial charge in [0.2, 0.25) is 5.91 Å². The number of fused-ring (bicyclic) bond motifs is 1. The first-order valence-corrected chi connectivity index (χ1v) is 11.4. The number of amides is 2.